The number of carbonyl (C=O) groups excluding carboxylic acids is 2. The molecule has 0 fully saturated rings. The van der Waals surface area contributed by atoms with E-state index in [4.69, 9.17) is 14.2 Å². The minimum atomic E-state index is -0.492. The maximum atomic E-state index is 12.2. The molecule has 0 aromatic heterocycles. The predicted octanol–water partition coefficient (Wildman–Crippen LogP) is 2.19. The van der Waals surface area contributed by atoms with Crippen LogP contribution in [0.3, 0.4) is 0 Å². The van der Waals surface area contributed by atoms with Crippen molar-refractivity contribution in [3.8, 4) is 17.2 Å². The topological polar surface area (TPSA) is 85.9 Å². The fraction of sp³-hybridized carbons (Fsp3) is 0.158. The molecule has 7 heteroatoms. The zero-order chi connectivity index (χ0) is 18.9. The summed E-state index contributed by atoms with van der Waals surface area (Å²) in [6.07, 6.45) is 2.93. The number of carbonyl (C=O) groups is 2. The van der Waals surface area contributed by atoms with Crippen LogP contribution in [0, 0.1) is 0 Å². The summed E-state index contributed by atoms with van der Waals surface area (Å²) in [5, 5.41) is 0. The summed E-state index contributed by atoms with van der Waals surface area (Å²) < 4.78 is 15.3. The number of methoxy groups -OCH3 is 3. The number of rotatable bonds is 6. The molecule has 7 nitrogen and oxygen atoms in total. The first-order valence-corrected chi connectivity index (χ1v) is 7.71. The van der Waals surface area contributed by atoms with Crippen molar-refractivity contribution in [1.29, 1.82) is 0 Å². The number of hydrogen-bond donors (Lipinski definition) is 2. The summed E-state index contributed by atoms with van der Waals surface area (Å²) in [7, 11) is 4.56. The lowest BCUT2D eigenvalue weighted by Gasteiger charge is -2.09. The quantitative estimate of drug-likeness (QED) is 0.612. The summed E-state index contributed by atoms with van der Waals surface area (Å²) in [5.41, 5.74) is 5.77. The average Bonchev–Trinajstić information content (AvgIpc) is 2.70. The second-order valence-corrected chi connectivity index (χ2v) is 5.15. The first-order chi connectivity index (χ1) is 12.5. The molecule has 0 aliphatic rings. The van der Waals surface area contributed by atoms with E-state index in [1.807, 2.05) is 12.1 Å². The molecule has 0 saturated carbocycles. The Morgan fingerprint density at radius 2 is 1.38 bits per heavy atom. The van der Waals surface area contributed by atoms with Crippen LogP contribution in [0.25, 0.3) is 6.08 Å². The molecular formula is C19H20N2O5. The van der Waals surface area contributed by atoms with Gasteiger partial charge in [0.15, 0.2) is 0 Å². The second-order valence-electron chi connectivity index (χ2n) is 5.15. The molecule has 2 aromatic carbocycles. The number of hydrazine groups is 1. The Hall–Kier alpha value is -3.48. The lowest BCUT2D eigenvalue weighted by atomic mass is 10.2. The van der Waals surface area contributed by atoms with Crippen LogP contribution in [-0.2, 0) is 4.79 Å². The molecule has 26 heavy (non-hydrogen) atoms. The van der Waals surface area contributed by atoms with Gasteiger partial charge in [-0.3, -0.25) is 20.4 Å². The van der Waals surface area contributed by atoms with E-state index in [1.165, 1.54) is 32.4 Å². The molecule has 2 N–H and O–H groups in total. The maximum absolute atomic E-state index is 12.2. The Labute approximate surface area is 151 Å². The van der Waals surface area contributed by atoms with Gasteiger partial charge in [-0.1, -0.05) is 12.1 Å². The van der Waals surface area contributed by atoms with Crippen molar-refractivity contribution in [3.05, 3.63) is 59.7 Å². The van der Waals surface area contributed by atoms with Gasteiger partial charge in [-0.2, -0.15) is 0 Å². The van der Waals surface area contributed by atoms with Crippen molar-refractivity contribution in [3.63, 3.8) is 0 Å². The highest BCUT2D eigenvalue weighted by atomic mass is 16.5. The van der Waals surface area contributed by atoms with Gasteiger partial charge >= 0.3 is 0 Å². The molecular weight excluding hydrogens is 336 g/mol. The van der Waals surface area contributed by atoms with Crippen molar-refractivity contribution >= 4 is 17.9 Å². The van der Waals surface area contributed by atoms with Gasteiger partial charge in [-0.15, -0.1) is 0 Å². The van der Waals surface area contributed by atoms with Crippen LogP contribution in [-0.4, -0.2) is 33.1 Å². The second kappa shape index (κ2) is 9.12. The third-order valence-electron chi connectivity index (χ3n) is 3.46. The number of hydrogen-bond acceptors (Lipinski definition) is 5. The van der Waals surface area contributed by atoms with Gasteiger partial charge in [-0.25, -0.2) is 0 Å². The number of nitrogens with one attached hydrogen (secondary N) is 2. The highest BCUT2D eigenvalue weighted by Crippen LogP contribution is 2.22. The fourth-order valence-corrected chi connectivity index (χ4v) is 2.06. The molecule has 0 aliphatic carbocycles. The third-order valence-corrected chi connectivity index (χ3v) is 3.46. The van der Waals surface area contributed by atoms with Crippen LogP contribution in [0.15, 0.2) is 48.5 Å². The number of benzene rings is 2. The molecule has 0 saturated heterocycles. The lowest BCUT2D eigenvalue weighted by Crippen LogP contribution is -2.40. The summed E-state index contributed by atoms with van der Waals surface area (Å²) in [4.78, 5) is 24.0. The summed E-state index contributed by atoms with van der Waals surface area (Å²) >= 11 is 0. The molecule has 0 heterocycles. The minimum Gasteiger partial charge on any atom is -0.497 e. The Balaban J connectivity index is 1.93. The molecule has 2 rings (SSSR count). The SMILES string of the molecule is COc1ccc(C=CC(=O)NNC(=O)c2cc(OC)cc(OC)c2)cc1. The van der Waals surface area contributed by atoms with E-state index in [0.717, 1.165) is 11.3 Å². The maximum Gasteiger partial charge on any atom is 0.269 e. The molecule has 0 unspecified atom stereocenters. The van der Waals surface area contributed by atoms with Crippen LogP contribution >= 0.6 is 0 Å². The Bertz CT molecular complexity index is 778. The van der Waals surface area contributed by atoms with E-state index in [2.05, 4.69) is 10.9 Å². The zero-order valence-electron chi connectivity index (χ0n) is 14.7. The van der Waals surface area contributed by atoms with E-state index in [9.17, 15) is 9.59 Å². The lowest BCUT2D eigenvalue weighted by molar-refractivity contribution is -0.117. The first-order valence-electron chi connectivity index (χ1n) is 7.71. The summed E-state index contributed by atoms with van der Waals surface area (Å²) in [6.45, 7) is 0. The first kappa shape index (κ1) is 18.9. The van der Waals surface area contributed by atoms with Gasteiger partial charge in [0.1, 0.15) is 17.2 Å². The van der Waals surface area contributed by atoms with Crippen molar-refractivity contribution < 1.29 is 23.8 Å². The van der Waals surface area contributed by atoms with E-state index < -0.39 is 11.8 Å². The van der Waals surface area contributed by atoms with E-state index in [-0.39, 0.29) is 0 Å². The smallest absolute Gasteiger partial charge is 0.269 e. The number of amides is 2. The Kier molecular flexibility index (Phi) is 6.61. The summed E-state index contributed by atoms with van der Waals surface area (Å²) in [5.74, 6) is 0.713. The highest BCUT2D eigenvalue weighted by molar-refractivity contribution is 5.98. The molecule has 136 valence electrons. The van der Waals surface area contributed by atoms with E-state index in [1.54, 1.807) is 31.4 Å². The van der Waals surface area contributed by atoms with Crippen molar-refractivity contribution in [2.75, 3.05) is 21.3 Å². The largest absolute Gasteiger partial charge is 0.497 e. The fourth-order valence-electron chi connectivity index (χ4n) is 2.06. The van der Waals surface area contributed by atoms with Crippen LogP contribution in [0.1, 0.15) is 15.9 Å². The van der Waals surface area contributed by atoms with Crippen LogP contribution in [0.5, 0.6) is 17.2 Å². The molecule has 0 radical (unpaired) electrons. The highest BCUT2D eigenvalue weighted by Gasteiger charge is 2.10. The van der Waals surface area contributed by atoms with E-state index in [0.29, 0.717) is 17.1 Å². The Morgan fingerprint density at radius 1 is 0.808 bits per heavy atom. The van der Waals surface area contributed by atoms with Crippen molar-refractivity contribution in [2.24, 2.45) is 0 Å². The Morgan fingerprint density at radius 3 is 1.92 bits per heavy atom. The molecule has 2 amide bonds. The van der Waals surface area contributed by atoms with Gasteiger partial charge in [-0.05, 0) is 35.9 Å². The van der Waals surface area contributed by atoms with Crippen LogP contribution < -0.4 is 25.1 Å². The van der Waals surface area contributed by atoms with Crippen LogP contribution in [0.2, 0.25) is 0 Å². The molecule has 0 atom stereocenters. The third kappa shape index (κ3) is 5.27. The van der Waals surface area contributed by atoms with Gasteiger partial charge in [0.2, 0.25) is 0 Å². The minimum absolute atomic E-state index is 0.292. The van der Waals surface area contributed by atoms with Crippen molar-refractivity contribution in [2.45, 2.75) is 0 Å². The molecule has 2 aromatic rings. The average molecular weight is 356 g/mol. The predicted molar refractivity (Wildman–Crippen MR) is 97.2 cm³/mol. The molecule has 0 spiro atoms. The zero-order valence-corrected chi connectivity index (χ0v) is 14.7. The van der Waals surface area contributed by atoms with Crippen LogP contribution in [0.4, 0.5) is 0 Å². The van der Waals surface area contributed by atoms with Gasteiger partial charge < -0.3 is 14.2 Å². The standard InChI is InChI=1S/C19H20N2O5/c1-24-15-7-4-13(5-8-15)6-9-18(22)20-21-19(23)14-10-16(25-2)12-17(11-14)26-3/h4-12H,1-3H3,(H,20,22)(H,21,23). The van der Waals surface area contributed by atoms with E-state index >= 15 is 0 Å². The van der Waals surface area contributed by atoms with Gasteiger partial charge in [0.25, 0.3) is 11.8 Å². The molecule has 0 aliphatic heterocycles. The molecule has 0 bridgehead atoms. The monoisotopic (exact) mass is 356 g/mol. The van der Waals surface area contributed by atoms with Gasteiger partial charge in [0.05, 0.1) is 21.3 Å². The normalized spacial score (nSPS) is 10.3. The number of ether oxygens (including phenoxy) is 3. The summed E-state index contributed by atoms with van der Waals surface area (Å²) in [6, 6.07) is 11.9. The van der Waals surface area contributed by atoms with Crippen molar-refractivity contribution in [1.82, 2.24) is 10.9 Å². The van der Waals surface area contributed by atoms with Gasteiger partial charge in [0, 0.05) is 17.7 Å².